The van der Waals surface area contributed by atoms with E-state index in [1.807, 2.05) is 39.0 Å². The average Bonchev–Trinajstić information content (AvgIpc) is 3.47. The number of anilines is 1. The minimum absolute atomic E-state index is 0.0845. The Kier molecular flexibility index (Phi) is 10.1. The van der Waals surface area contributed by atoms with Gasteiger partial charge in [-0.05, 0) is 86.2 Å². The molecule has 0 aliphatic heterocycles. The molecule has 0 radical (unpaired) electrons. The first-order valence-corrected chi connectivity index (χ1v) is 15.9. The van der Waals surface area contributed by atoms with Crippen molar-refractivity contribution in [1.82, 2.24) is 10.2 Å². The molecule has 0 spiro atoms. The van der Waals surface area contributed by atoms with Gasteiger partial charge in [0.1, 0.15) is 12.6 Å². The number of halogens is 1. The minimum Gasteiger partial charge on any atom is -0.352 e. The highest BCUT2D eigenvalue weighted by atomic mass is 35.5. The topological polar surface area (TPSA) is 86.8 Å². The van der Waals surface area contributed by atoms with Crippen LogP contribution in [0.5, 0.6) is 0 Å². The van der Waals surface area contributed by atoms with Gasteiger partial charge in [0.2, 0.25) is 11.8 Å². The number of carbonyl (C=O) groups excluding carboxylic acids is 2. The second-order valence-corrected chi connectivity index (χ2v) is 13.0. The third-order valence-electron chi connectivity index (χ3n) is 7.74. The highest BCUT2D eigenvalue weighted by molar-refractivity contribution is 7.92. The molecule has 3 aromatic carbocycles. The van der Waals surface area contributed by atoms with Gasteiger partial charge in [-0.1, -0.05) is 67.8 Å². The molecule has 41 heavy (non-hydrogen) atoms. The Labute approximate surface area is 248 Å². The fraction of sp³-hybridized carbons (Fsp3) is 0.375. The van der Waals surface area contributed by atoms with Gasteiger partial charge < -0.3 is 10.2 Å². The predicted molar refractivity (Wildman–Crippen MR) is 163 cm³/mol. The van der Waals surface area contributed by atoms with Crippen molar-refractivity contribution in [3.8, 4) is 0 Å². The summed E-state index contributed by atoms with van der Waals surface area (Å²) in [5.41, 5.74) is 3.10. The largest absolute Gasteiger partial charge is 0.352 e. The number of amides is 2. The lowest BCUT2D eigenvalue weighted by Gasteiger charge is -2.34. The minimum atomic E-state index is -4.09. The number of hydrogen-bond acceptors (Lipinski definition) is 4. The molecule has 0 saturated heterocycles. The first kappa shape index (κ1) is 30.6. The van der Waals surface area contributed by atoms with E-state index in [9.17, 15) is 18.0 Å². The van der Waals surface area contributed by atoms with Crippen LogP contribution in [0.15, 0.2) is 77.7 Å². The summed E-state index contributed by atoms with van der Waals surface area (Å²) < 4.78 is 29.0. The number of hydrogen-bond donors (Lipinski definition) is 1. The smallest absolute Gasteiger partial charge is 0.264 e. The van der Waals surface area contributed by atoms with Crippen LogP contribution < -0.4 is 9.62 Å². The zero-order valence-corrected chi connectivity index (χ0v) is 25.4. The fourth-order valence-corrected chi connectivity index (χ4v) is 6.76. The maximum Gasteiger partial charge on any atom is 0.264 e. The standard InChI is InChI=1S/C32H38ClN3O4S/c1-4-30(32(38)34-27-10-8-9-11-27)35(21-25-15-17-26(33)18-16-25)31(37)22-36(28-19-14-23(2)24(3)20-28)41(39,40)29-12-6-5-7-13-29/h5-7,12-20,27,30H,4,8-11,21-22H2,1-3H3,(H,34,38). The molecule has 9 heteroatoms. The Hall–Kier alpha value is -3.36. The summed E-state index contributed by atoms with van der Waals surface area (Å²) in [6.45, 7) is 5.40. The van der Waals surface area contributed by atoms with E-state index in [0.717, 1.165) is 46.7 Å². The fourth-order valence-electron chi connectivity index (χ4n) is 5.20. The number of aryl methyl sites for hydroxylation is 2. The SMILES string of the molecule is CCC(C(=O)NC1CCCC1)N(Cc1ccc(Cl)cc1)C(=O)CN(c1ccc(C)c(C)c1)S(=O)(=O)c1ccccc1. The summed E-state index contributed by atoms with van der Waals surface area (Å²) in [5.74, 6) is -0.684. The lowest BCUT2D eigenvalue weighted by Crippen LogP contribution is -2.53. The van der Waals surface area contributed by atoms with E-state index in [-0.39, 0.29) is 23.4 Å². The lowest BCUT2D eigenvalue weighted by atomic mass is 10.1. The van der Waals surface area contributed by atoms with Crippen LogP contribution in [0.3, 0.4) is 0 Å². The van der Waals surface area contributed by atoms with Gasteiger partial charge in [0, 0.05) is 17.6 Å². The van der Waals surface area contributed by atoms with Gasteiger partial charge >= 0.3 is 0 Å². The number of rotatable bonds is 11. The van der Waals surface area contributed by atoms with Crippen molar-refractivity contribution in [3.05, 3.63) is 94.5 Å². The van der Waals surface area contributed by atoms with Crippen LogP contribution in [0, 0.1) is 13.8 Å². The third kappa shape index (κ3) is 7.49. The van der Waals surface area contributed by atoms with E-state index in [4.69, 9.17) is 11.6 Å². The van der Waals surface area contributed by atoms with Crippen molar-refractivity contribution >= 4 is 39.1 Å². The van der Waals surface area contributed by atoms with E-state index in [0.29, 0.717) is 17.1 Å². The van der Waals surface area contributed by atoms with Crippen LogP contribution >= 0.6 is 11.6 Å². The van der Waals surface area contributed by atoms with E-state index >= 15 is 0 Å². The molecule has 1 unspecified atom stereocenters. The Morgan fingerprint density at radius 2 is 1.61 bits per heavy atom. The molecule has 0 heterocycles. The molecular weight excluding hydrogens is 558 g/mol. The van der Waals surface area contributed by atoms with Crippen molar-refractivity contribution < 1.29 is 18.0 Å². The molecule has 1 atom stereocenters. The summed E-state index contributed by atoms with van der Waals surface area (Å²) in [7, 11) is -4.09. The normalized spacial score (nSPS) is 14.4. The molecule has 218 valence electrons. The monoisotopic (exact) mass is 595 g/mol. The summed E-state index contributed by atoms with van der Waals surface area (Å²) >= 11 is 6.10. The number of carbonyl (C=O) groups is 2. The molecule has 3 aromatic rings. The molecular formula is C32H38ClN3O4S. The van der Waals surface area contributed by atoms with Crippen LogP contribution in [0.4, 0.5) is 5.69 Å². The highest BCUT2D eigenvalue weighted by Crippen LogP contribution is 2.27. The zero-order chi connectivity index (χ0) is 29.6. The second kappa shape index (κ2) is 13.5. The van der Waals surface area contributed by atoms with Crippen molar-refractivity contribution in [2.24, 2.45) is 0 Å². The first-order chi connectivity index (χ1) is 19.6. The molecule has 1 fully saturated rings. The summed E-state index contributed by atoms with van der Waals surface area (Å²) in [5, 5.41) is 3.69. The molecule has 0 bridgehead atoms. The van der Waals surface area contributed by atoms with Crippen molar-refractivity contribution in [2.45, 2.75) is 76.4 Å². The van der Waals surface area contributed by atoms with Gasteiger partial charge in [-0.15, -0.1) is 0 Å². The number of sulfonamides is 1. The Balaban J connectivity index is 1.72. The molecule has 0 aromatic heterocycles. The van der Waals surface area contributed by atoms with E-state index in [1.54, 1.807) is 42.5 Å². The van der Waals surface area contributed by atoms with Gasteiger partial charge in [0.25, 0.3) is 10.0 Å². The predicted octanol–water partition coefficient (Wildman–Crippen LogP) is 6.02. The van der Waals surface area contributed by atoms with Crippen LogP contribution in [-0.2, 0) is 26.2 Å². The molecule has 4 rings (SSSR count). The van der Waals surface area contributed by atoms with Crippen LogP contribution in [0.25, 0.3) is 0 Å². The van der Waals surface area contributed by atoms with Crippen LogP contribution in [-0.4, -0.2) is 43.8 Å². The van der Waals surface area contributed by atoms with Crippen LogP contribution in [0.1, 0.15) is 55.7 Å². The van der Waals surface area contributed by atoms with Crippen molar-refractivity contribution in [2.75, 3.05) is 10.8 Å². The van der Waals surface area contributed by atoms with Gasteiger partial charge in [-0.2, -0.15) is 0 Å². The maximum absolute atomic E-state index is 14.2. The zero-order valence-electron chi connectivity index (χ0n) is 23.8. The summed E-state index contributed by atoms with van der Waals surface area (Å²) in [6, 6.07) is 19.8. The van der Waals surface area contributed by atoms with E-state index in [2.05, 4.69) is 5.32 Å². The number of nitrogens with one attached hydrogen (secondary N) is 1. The first-order valence-electron chi connectivity index (χ1n) is 14.1. The third-order valence-corrected chi connectivity index (χ3v) is 9.78. The van der Waals surface area contributed by atoms with Gasteiger partial charge in [0.15, 0.2) is 0 Å². The summed E-state index contributed by atoms with van der Waals surface area (Å²) in [6.07, 6.45) is 4.36. The molecule has 1 N–H and O–H groups in total. The Morgan fingerprint density at radius 3 is 2.22 bits per heavy atom. The average molecular weight is 596 g/mol. The molecule has 1 aliphatic carbocycles. The second-order valence-electron chi connectivity index (χ2n) is 10.7. The molecule has 7 nitrogen and oxygen atoms in total. The molecule has 1 aliphatic rings. The lowest BCUT2D eigenvalue weighted by molar-refractivity contribution is -0.140. The number of benzene rings is 3. The van der Waals surface area contributed by atoms with Gasteiger partial charge in [-0.25, -0.2) is 8.42 Å². The van der Waals surface area contributed by atoms with E-state index in [1.165, 1.54) is 17.0 Å². The van der Waals surface area contributed by atoms with Gasteiger partial charge in [0.05, 0.1) is 10.6 Å². The summed E-state index contributed by atoms with van der Waals surface area (Å²) in [4.78, 5) is 29.3. The number of nitrogens with zero attached hydrogens (tertiary/aromatic N) is 2. The van der Waals surface area contributed by atoms with Crippen molar-refractivity contribution in [3.63, 3.8) is 0 Å². The maximum atomic E-state index is 14.2. The highest BCUT2D eigenvalue weighted by Gasteiger charge is 2.34. The quantitative estimate of drug-likeness (QED) is 0.294. The van der Waals surface area contributed by atoms with Crippen molar-refractivity contribution in [1.29, 1.82) is 0 Å². The van der Waals surface area contributed by atoms with Gasteiger partial charge in [-0.3, -0.25) is 13.9 Å². The Bertz CT molecular complexity index is 1460. The van der Waals surface area contributed by atoms with Crippen LogP contribution in [0.2, 0.25) is 5.02 Å². The molecule has 2 amide bonds. The molecule has 1 saturated carbocycles. The van der Waals surface area contributed by atoms with E-state index < -0.39 is 28.5 Å². The Morgan fingerprint density at radius 1 is 0.951 bits per heavy atom.